The fourth-order valence-electron chi connectivity index (χ4n) is 1.72. The van der Waals surface area contributed by atoms with Crippen molar-refractivity contribution in [1.82, 2.24) is 10.0 Å². The van der Waals surface area contributed by atoms with E-state index in [1.807, 2.05) is 25.2 Å². The molecule has 0 saturated heterocycles. The van der Waals surface area contributed by atoms with Crippen molar-refractivity contribution in [3.63, 3.8) is 0 Å². The van der Waals surface area contributed by atoms with Gasteiger partial charge in [0.1, 0.15) is 0 Å². The Hall–Kier alpha value is -0.730. The van der Waals surface area contributed by atoms with E-state index in [0.717, 1.165) is 14.2 Å². The molecule has 0 radical (unpaired) electrons. The number of benzene rings is 1. The maximum Gasteiger partial charge on any atom is 0.240 e. The molecule has 0 saturated carbocycles. The van der Waals surface area contributed by atoms with Crippen LogP contribution in [0.5, 0.6) is 0 Å². The van der Waals surface area contributed by atoms with Crippen LogP contribution in [-0.4, -0.2) is 15.5 Å². The third-order valence-corrected chi connectivity index (χ3v) is 5.68. The normalized spacial score (nSPS) is 11.7. The van der Waals surface area contributed by atoms with Crippen LogP contribution < -0.4 is 10.0 Å². The number of sulfonamides is 1. The summed E-state index contributed by atoms with van der Waals surface area (Å²) in [5.74, 6) is 0. The molecule has 4 nitrogen and oxygen atoms in total. The van der Waals surface area contributed by atoms with E-state index in [-0.39, 0.29) is 0 Å². The summed E-state index contributed by atoms with van der Waals surface area (Å²) in [6.07, 6.45) is 0. The van der Waals surface area contributed by atoms with Gasteiger partial charge < -0.3 is 5.32 Å². The van der Waals surface area contributed by atoms with E-state index in [2.05, 4.69) is 26.0 Å². The van der Waals surface area contributed by atoms with E-state index in [1.165, 1.54) is 11.3 Å². The molecular weight excluding hydrogens is 360 g/mol. The number of thiophene rings is 1. The van der Waals surface area contributed by atoms with Crippen LogP contribution in [0.1, 0.15) is 10.4 Å². The van der Waals surface area contributed by atoms with Crippen molar-refractivity contribution < 1.29 is 8.42 Å². The lowest BCUT2D eigenvalue weighted by molar-refractivity contribution is 0.581. The van der Waals surface area contributed by atoms with Crippen molar-refractivity contribution >= 4 is 37.3 Å². The maximum atomic E-state index is 12.2. The Morgan fingerprint density at radius 3 is 2.65 bits per heavy atom. The molecule has 2 N–H and O–H groups in total. The van der Waals surface area contributed by atoms with Crippen LogP contribution in [0.3, 0.4) is 0 Å². The molecule has 0 amide bonds. The number of nitrogens with one attached hydrogen (secondary N) is 2. The van der Waals surface area contributed by atoms with Gasteiger partial charge in [0, 0.05) is 18.0 Å². The Morgan fingerprint density at radius 2 is 2.00 bits per heavy atom. The largest absolute Gasteiger partial charge is 0.316 e. The Balaban J connectivity index is 2.11. The van der Waals surface area contributed by atoms with E-state index < -0.39 is 10.0 Å². The van der Waals surface area contributed by atoms with Gasteiger partial charge in [0.25, 0.3) is 0 Å². The highest BCUT2D eigenvalue weighted by molar-refractivity contribution is 9.11. The maximum absolute atomic E-state index is 12.2. The topological polar surface area (TPSA) is 58.2 Å². The van der Waals surface area contributed by atoms with Crippen LogP contribution in [0.4, 0.5) is 0 Å². The first-order chi connectivity index (χ1) is 9.51. The average Bonchev–Trinajstić information content (AvgIpc) is 2.83. The molecular formula is C13H15BrN2O2S2. The Labute approximate surface area is 131 Å². The zero-order valence-corrected chi connectivity index (χ0v) is 14.1. The molecule has 108 valence electrons. The number of rotatable bonds is 6. The van der Waals surface area contributed by atoms with Gasteiger partial charge in [-0.3, -0.25) is 0 Å². The summed E-state index contributed by atoms with van der Waals surface area (Å²) in [5.41, 5.74) is 0.939. The average molecular weight is 375 g/mol. The third kappa shape index (κ3) is 4.13. The highest BCUT2D eigenvalue weighted by Crippen LogP contribution is 2.22. The molecule has 20 heavy (non-hydrogen) atoms. The molecule has 0 aliphatic carbocycles. The highest BCUT2D eigenvalue weighted by Gasteiger charge is 2.14. The quantitative estimate of drug-likeness (QED) is 0.816. The SMILES string of the molecule is CNCc1cccc(S(=O)(=O)NCc2ccc(Br)s2)c1. The molecule has 2 rings (SSSR count). The molecule has 0 bridgehead atoms. The van der Waals surface area contributed by atoms with Crippen LogP contribution >= 0.6 is 27.3 Å². The summed E-state index contributed by atoms with van der Waals surface area (Å²) >= 11 is 4.87. The monoisotopic (exact) mass is 374 g/mol. The van der Waals surface area contributed by atoms with E-state index in [4.69, 9.17) is 0 Å². The van der Waals surface area contributed by atoms with Gasteiger partial charge in [-0.2, -0.15) is 0 Å². The summed E-state index contributed by atoms with van der Waals surface area (Å²) in [4.78, 5) is 1.26. The Kier molecular flexibility index (Phi) is 5.34. The molecule has 0 aliphatic heterocycles. The van der Waals surface area contributed by atoms with Crippen LogP contribution in [-0.2, 0) is 23.1 Å². The van der Waals surface area contributed by atoms with Crippen LogP contribution in [0.15, 0.2) is 45.1 Å². The number of halogens is 1. The van der Waals surface area contributed by atoms with Gasteiger partial charge in [0.2, 0.25) is 10.0 Å². The smallest absolute Gasteiger partial charge is 0.240 e. The van der Waals surface area contributed by atoms with Gasteiger partial charge in [-0.25, -0.2) is 13.1 Å². The molecule has 0 fully saturated rings. The first-order valence-corrected chi connectivity index (χ1v) is 9.08. The summed E-state index contributed by atoms with van der Waals surface area (Å²) in [6, 6.07) is 10.7. The minimum Gasteiger partial charge on any atom is -0.316 e. The second-order valence-corrected chi connectivity index (χ2v) is 8.52. The van der Waals surface area contributed by atoms with Gasteiger partial charge in [0.05, 0.1) is 8.68 Å². The van der Waals surface area contributed by atoms with Crippen LogP contribution in [0.2, 0.25) is 0 Å². The first kappa shape index (κ1) is 15.7. The van der Waals surface area contributed by atoms with E-state index in [0.29, 0.717) is 18.0 Å². The number of hydrogen-bond donors (Lipinski definition) is 2. The molecule has 1 aromatic carbocycles. The standard InChI is InChI=1S/C13H15BrN2O2S2/c1-15-8-10-3-2-4-12(7-10)20(17,18)16-9-11-5-6-13(14)19-11/h2-7,15-16H,8-9H2,1H3. The van der Waals surface area contributed by atoms with Gasteiger partial charge >= 0.3 is 0 Å². The molecule has 2 aromatic rings. The van der Waals surface area contributed by atoms with Crippen molar-refractivity contribution in [2.45, 2.75) is 18.0 Å². The van der Waals surface area contributed by atoms with Crippen LogP contribution in [0.25, 0.3) is 0 Å². The lowest BCUT2D eigenvalue weighted by Gasteiger charge is -2.07. The fraction of sp³-hybridized carbons (Fsp3) is 0.231. The molecule has 0 atom stereocenters. The van der Waals surface area contributed by atoms with Crippen molar-refractivity contribution in [3.8, 4) is 0 Å². The minimum absolute atomic E-state index is 0.292. The molecule has 7 heteroatoms. The summed E-state index contributed by atoms with van der Waals surface area (Å²) < 4.78 is 28.1. The number of hydrogen-bond acceptors (Lipinski definition) is 4. The minimum atomic E-state index is -3.48. The van der Waals surface area contributed by atoms with Crippen molar-refractivity contribution in [3.05, 3.63) is 50.6 Å². The second kappa shape index (κ2) is 6.82. The lowest BCUT2D eigenvalue weighted by atomic mass is 10.2. The summed E-state index contributed by atoms with van der Waals surface area (Å²) in [7, 11) is -1.65. The zero-order valence-electron chi connectivity index (χ0n) is 10.9. The molecule has 0 aliphatic rings. The van der Waals surface area contributed by atoms with Crippen LogP contribution in [0, 0.1) is 0 Å². The summed E-state index contributed by atoms with van der Waals surface area (Å²) in [5, 5.41) is 3.00. The predicted octanol–water partition coefficient (Wildman–Crippen LogP) is 2.71. The first-order valence-electron chi connectivity index (χ1n) is 5.99. The zero-order chi connectivity index (χ0) is 14.6. The van der Waals surface area contributed by atoms with Gasteiger partial charge in [-0.15, -0.1) is 11.3 Å². The predicted molar refractivity (Wildman–Crippen MR) is 85.3 cm³/mol. The van der Waals surface area contributed by atoms with Gasteiger partial charge in [-0.1, -0.05) is 12.1 Å². The van der Waals surface area contributed by atoms with Crippen molar-refractivity contribution in [1.29, 1.82) is 0 Å². The van der Waals surface area contributed by atoms with E-state index in [1.54, 1.807) is 18.2 Å². The van der Waals surface area contributed by atoms with Crippen molar-refractivity contribution in [2.75, 3.05) is 7.05 Å². The molecule has 1 aromatic heterocycles. The summed E-state index contributed by atoms with van der Waals surface area (Å²) in [6.45, 7) is 0.941. The van der Waals surface area contributed by atoms with Gasteiger partial charge in [-0.05, 0) is 52.8 Å². The highest BCUT2D eigenvalue weighted by atomic mass is 79.9. The Bertz CT molecular complexity index is 683. The second-order valence-electron chi connectivity index (χ2n) is 4.21. The molecule has 0 spiro atoms. The van der Waals surface area contributed by atoms with Gasteiger partial charge in [0.15, 0.2) is 0 Å². The molecule has 0 unspecified atom stereocenters. The third-order valence-electron chi connectivity index (χ3n) is 2.65. The fourth-order valence-corrected chi connectivity index (χ4v) is 4.31. The van der Waals surface area contributed by atoms with E-state index >= 15 is 0 Å². The molecule has 1 heterocycles. The van der Waals surface area contributed by atoms with E-state index in [9.17, 15) is 8.42 Å². The van der Waals surface area contributed by atoms with Crippen molar-refractivity contribution in [2.24, 2.45) is 0 Å². The Morgan fingerprint density at radius 1 is 1.20 bits per heavy atom. The lowest BCUT2D eigenvalue weighted by Crippen LogP contribution is -2.23.